The average Bonchev–Trinajstić information content (AvgIpc) is 3.05. The maximum atomic E-state index is 12.8. The van der Waals surface area contributed by atoms with Crippen LogP contribution in [0, 0.1) is 0 Å². The van der Waals surface area contributed by atoms with E-state index in [1.807, 2.05) is 61.5 Å². The number of aromatic nitrogens is 1. The van der Waals surface area contributed by atoms with Gasteiger partial charge in [0.1, 0.15) is 5.69 Å². The van der Waals surface area contributed by atoms with Crippen molar-refractivity contribution in [2.75, 3.05) is 0 Å². The topological polar surface area (TPSA) is 42.3 Å². The molecular formula is C18H14N2O2. The van der Waals surface area contributed by atoms with E-state index in [0.29, 0.717) is 5.69 Å². The summed E-state index contributed by atoms with van der Waals surface area (Å²) in [5.41, 5.74) is 2.16. The number of carbonyl (C=O) groups excluding carboxylic acids is 2. The Bertz CT molecular complexity index is 896. The third kappa shape index (κ3) is 1.64. The molecule has 0 saturated heterocycles. The monoisotopic (exact) mass is 290 g/mol. The van der Waals surface area contributed by atoms with Crippen LogP contribution in [0.1, 0.15) is 29.0 Å². The van der Waals surface area contributed by atoms with Gasteiger partial charge in [-0.05, 0) is 24.6 Å². The zero-order chi connectivity index (χ0) is 15.3. The number of imide groups is 1. The first kappa shape index (κ1) is 12.8. The van der Waals surface area contributed by atoms with Gasteiger partial charge in [-0.1, -0.05) is 48.5 Å². The van der Waals surface area contributed by atoms with Gasteiger partial charge in [0.15, 0.2) is 0 Å². The van der Waals surface area contributed by atoms with Gasteiger partial charge in [-0.25, -0.2) is 4.79 Å². The SMILES string of the molecule is CC(c1ccccc1)N1C(=O)c2cc3ccccc3n2C1=O. The fourth-order valence-electron chi connectivity index (χ4n) is 3.06. The molecule has 4 rings (SSSR count). The van der Waals surface area contributed by atoms with Crippen molar-refractivity contribution in [2.45, 2.75) is 13.0 Å². The molecule has 3 aromatic rings. The minimum atomic E-state index is -0.292. The van der Waals surface area contributed by atoms with Crippen molar-refractivity contribution in [3.8, 4) is 0 Å². The quantitative estimate of drug-likeness (QED) is 0.720. The second-order valence-corrected chi connectivity index (χ2v) is 5.47. The Balaban J connectivity index is 1.82. The third-order valence-corrected chi connectivity index (χ3v) is 4.22. The van der Waals surface area contributed by atoms with E-state index in [-0.39, 0.29) is 18.0 Å². The summed E-state index contributed by atoms with van der Waals surface area (Å²) in [6.45, 7) is 1.87. The molecular weight excluding hydrogens is 276 g/mol. The number of nitrogens with zero attached hydrogens (tertiary/aromatic N) is 2. The first-order chi connectivity index (χ1) is 10.7. The first-order valence-electron chi connectivity index (χ1n) is 7.22. The lowest BCUT2D eigenvalue weighted by Crippen LogP contribution is -2.33. The molecule has 1 unspecified atom stereocenters. The fourth-order valence-corrected chi connectivity index (χ4v) is 3.06. The second-order valence-electron chi connectivity index (χ2n) is 5.47. The molecule has 0 spiro atoms. The van der Waals surface area contributed by atoms with Crippen LogP contribution >= 0.6 is 0 Å². The van der Waals surface area contributed by atoms with Gasteiger partial charge in [0, 0.05) is 5.39 Å². The maximum Gasteiger partial charge on any atom is 0.336 e. The number of hydrogen-bond acceptors (Lipinski definition) is 2. The van der Waals surface area contributed by atoms with E-state index < -0.39 is 0 Å². The van der Waals surface area contributed by atoms with E-state index in [1.165, 1.54) is 9.47 Å². The van der Waals surface area contributed by atoms with Crippen LogP contribution in [0.4, 0.5) is 4.79 Å². The fraction of sp³-hybridized carbons (Fsp3) is 0.111. The number of rotatable bonds is 2. The number of fused-ring (bicyclic) bond motifs is 3. The summed E-state index contributed by atoms with van der Waals surface area (Å²) in [4.78, 5) is 26.8. The second kappa shape index (κ2) is 4.56. The molecule has 1 aliphatic heterocycles. The molecule has 0 fully saturated rings. The maximum absolute atomic E-state index is 12.8. The molecule has 1 atom stereocenters. The Morgan fingerprint density at radius 3 is 2.36 bits per heavy atom. The molecule has 0 N–H and O–H groups in total. The van der Waals surface area contributed by atoms with Gasteiger partial charge in [-0.3, -0.25) is 14.3 Å². The standard InChI is InChI=1S/C18H14N2O2/c1-12(13-7-3-2-4-8-13)19-17(21)16-11-14-9-5-6-10-15(14)20(16)18(19)22/h2-12H,1H3. The highest BCUT2D eigenvalue weighted by Crippen LogP contribution is 2.32. The number of carbonyl (C=O) groups is 2. The van der Waals surface area contributed by atoms with E-state index in [0.717, 1.165) is 16.5 Å². The van der Waals surface area contributed by atoms with E-state index >= 15 is 0 Å². The Kier molecular flexibility index (Phi) is 2.66. The summed E-state index contributed by atoms with van der Waals surface area (Å²) in [5, 5.41) is 0.909. The smallest absolute Gasteiger partial charge is 0.267 e. The zero-order valence-electron chi connectivity index (χ0n) is 12.1. The average molecular weight is 290 g/mol. The number of benzene rings is 2. The molecule has 4 heteroatoms. The Morgan fingerprint density at radius 2 is 1.59 bits per heavy atom. The molecule has 1 aromatic heterocycles. The lowest BCUT2D eigenvalue weighted by atomic mass is 10.1. The third-order valence-electron chi connectivity index (χ3n) is 4.22. The highest BCUT2D eigenvalue weighted by molar-refractivity contribution is 6.16. The molecule has 0 bridgehead atoms. The Hall–Kier alpha value is -2.88. The van der Waals surface area contributed by atoms with Crippen LogP contribution in [-0.4, -0.2) is 21.4 Å². The van der Waals surface area contributed by atoms with Gasteiger partial charge in [0.25, 0.3) is 5.91 Å². The summed E-state index contributed by atoms with van der Waals surface area (Å²) in [5.74, 6) is -0.238. The summed E-state index contributed by atoms with van der Waals surface area (Å²) in [6, 6.07) is 18.3. The highest BCUT2D eigenvalue weighted by Gasteiger charge is 2.40. The minimum Gasteiger partial charge on any atom is -0.267 e. The van der Waals surface area contributed by atoms with Crippen molar-refractivity contribution in [3.05, 3.63) is 71.9 Å². The minimum absolute atomic E-state index is 0.238. The summed E-state index contributed by atoms with van der Waals surface area (Å²) in [6.07, 6.45) is 0. The van der Waals surface area contributed by atoms with Gasteiger partial charge >= 0.3 is 6.03 Å². The van der Waals surface area contributed by atoms with Crippen molar-refractivity contribution >= 4 is 22.8 Å². The van der Waals surface area contributed by atoms with Crippen molar-refractivity contribution in [3.63, 3.8) is 0 Å². The van der Waals surface area contributed by atoms with E-state index in [4.69, 9.17) is 0 Å². The first-order valence-corrected chi connectivity index (χ1v) is 7.22. The van der Waals surface area contributed by atoms with Crippen LogP contribution in [0.2, 0.25) is 0 Å². The lowest BCUT2D eigenvalue weighted by molar-refractivity contribution is 0.0789. The van der Waals surface area contributed by atoms with Gasteiger partial charge in [-0.15, -0.1) is 0 Å². The Labute approximate surface area is 127 Å². The number of para-hydroxylation sites is 1. The summed E-state index contributed by atoms with van der Waals surface area (Å²) in [7, 11) is 0. The van der Waals surface area contributed by atoms with E-state index in [9.17, 15) is 9.59 Å². The van der Waals surface area contributed by atoms with Crippen molar-refractivity contribution in [2.24, 2.45) is 0 Å². The van der Waals surface area contributed by atoms with Crippen LogP contribution in [0.3, 0.4) is 0 Å². The van der Waals surface area contributed by atoms with Gasteiger partial charge in [0.05, 0.1) is 11.6 Å². The molecule has 1 aliphatic rings. The van der Waals surface area contributed by atoms with Gasteiger partial charge in [0.2, 0.25) is 0 Å². The van der Waals surface area contributed by atoms with Gasteiger partial charge < -0.3 is 0 Å². The number of hydrogen-bond donors (Lipinski definition) is 0. The predicted molar refractivity (Wildman–Crippen MR) is 83.8 cm³/mol. The van der Waals surface area contributed by atoms with Crippen LogP contribution in [0.25, 0.3) is 10.9 Å². The van der Waals surface area contributed by atoms with Crippen LogP contribution in [0.15, 0.2) is 60.7 Å². The molecule has 2 heterocycles. The van der Waals surface area contributed by atoms with Crippen LogP contribution in [-0.2, 0) is 0 Å². The molecule has 2 aromatic carbocycles. The van der Waals surface area contributed by atoms with E-state index in [1.54, 1.807) is 6.07 Å². The molecule has 4 nitrogen and oxygen atoms in total. The lowest BCUT2D eigenvalue weighted by Gasteiger charge is -2.22. The normalized spacial score (nSPS) is 15.4. The molecule has 0 radical (unpaired) electrons. The largest absolute Gasteiger partial charge is 0.336 e. The summed E-state index contributed by atoms with van der Waals surface area (Å²) >= 11 is 0. The number of amides is 2. The van der Waals surface area contributed by atoms with Crippen molar-refractivity contribution in [1.82, 2.24) is 9.47 Å². The van der Waals surface area contributed by atoms with Crippen LogP contribution < -0.4 is 0 Å². The molecule has 22 heavy (non-hydrogen) atoms. The summed E-state index contributed by atoms with van der Waals surface area (Å²) < 4.78 is 1.51. The zero-order valence-corrected chi connectivity index (χ0v) is 12.1. The van der Waals surface area contributed by atoms with E-state index in [2.05, 4.69) is 0 Å². The van der Waals surface area contributed by atoms with Crippen molar-refractivity contribution < 1.29 is 9.59 Å². The van der Waals surface area contributed by atoms with Crippen LogP contribution in [0.5, 0.6) is 0 Å². The van der Waals surface area contributed by atoms with Gasteiger partial charge in [-0.2, -0.15) is 0 Å². The Morgan fingerprint density at radius 1 is 0.909 bits per heavy atom. The molecule has 0 aliphatic carbocycles. The molecule has 0 saturated carbocycles. The van der Waals surface area contributed by atoms with Crippen molar-refractivity contribution in [1.29, 1.82) is 0 Å². The molecule has 2 amide bonds. The predicted octanol–water partition coefficient (Wildman–Crippen LogP) is 3.83. The molecule has 108 valence electrons. The highest BCUT2D eigenvalue weighted by atomic mass is 16.2.